The lowest BCUT2D eigenvalue weighted by Crippen LogP contribution is -1.99. The summed E-state index contributed by atoms with van der Waals surface area (Å²) in [5.41, 5.74) is 2.08. The van der Waals surface area contributed by atoms with Crippen LogP contribution in [0.3, 0.4) is 0 Å². The lowest BCUT2D eigenvalue weighted by molar-refractivity contribution is -0.108. The molecule has 70 valence electrons. The Morgan fingerprint density at radius 2 is 2.31 bits per heavy atom. The first kappa shape index (κ1) is 11.0. The van der Waals surface area contributed by atoms with Crippen molar-refractivity contribution in [2.75, 3.05) is 0 Å². The van der Waals surface area contributed by atoms with E-state index >= 15 is 0 Å². The summed E-state index contributed by atoms with van der Waals surface area (Å²) in [6.45, 7) is 1.88. The molecule has 13 heavy (non-hydrogen) atoms. The van der Waals surface area contributed by atoms with Gasteiger partial charge in [-0.1, -0.05) is 13.0 Å². The van der Waals surface area contributed by atoms with E-state index in [-0.39, 0.29) is 5.92 Å². The van der Waals surface area contributed by atoms with Gasteiger partial charge in [0.15, 0.2) is 0 Å². The first-order valence-electron chi connectivity index (χ1n) is 3.98. The monoisotopic (exact) mass is 308 g/mol. The molecular weight excluding hydrogens is 298 g/mol. The van der Waals surface area contributed by atoms with Gasteiger partial charge < -0.3 is 4.79 Å². The van der Waals surface area contributed by atoms with E-state index in [1.54, 1.807) is 0 Å². The van der Waals surface area contributed by atoms with E-state index in [0.29, 0.717) is 5.88 Å². The van der Waals surface area contributed by atoms with Crippen LogP contribution in [0.4, 0.5) is 0 Å². The Labute approximate surface area is 96.6 Å². The summed E-state index contributed by atoms with van der Waals surface area (Å²) < 4.78 is 1.15. The molecule has 0 N–H and O–H groups in total. The summed E-state index contributed by atoms with van der Waals surface area (Å²) in [4.78, 5) is 10.6. The van der Waals surface area contributed by atoms with Crippen LogP contribution in [-0.2, 0) is 10.7 Å². The van der Waals surface area contributed by atoms with Gasteiger partial charge in [0.1, 0.15) is 6.29 Å². The highest BCUT2D eigenvalue weighted by Gasteiger charge is 2.08. The molecule has 0 aliphatic heterocycles. The highest BCUT2D eigenvalue weighted by molar-refractivity contribution is 14.1. The zero-order valence-electron chi connectivity index (χ0n) is 7.26. The first-order valence-corrected chi connectivity index (χ1v) is 5.60. The Balaban J connectivity index is 3.12. The molecule has 0 aliphatic carbocycles. The summed E-state index contributed by atoms with van der Waals surface area (Å²) in [5, 5.41) is 0. The van der Waals surface area contributed by atoms with Gasteiger partial charge in [0, 0.05) is 15.4 Å². The highest BCUT2D eigenvalue weighted by Crippen LogP contribution is 2.22. The molecule has 1 unspecified atom stereocenters. The maximum atomic E-state index is 10.6. The smallest absolute Gasteiger partial charge is 0.127 e. The average molecular weight is 309 g/mol. The number of benzene rings is 1. The van der Waals surface area contributed by atoms with Crippen molar-refractivity contribution in [1.82, 2.24) is 0 Å². The van der Waals surface area contributed by atoms with Crippen molar-refractivity contribution in [3.05, 3.63) is 32.9 Å². The second-order valence-electron chi connectivity index (χ2n) is 2.90. The zero-order valence-corrected chi connectivity index (χ0v) is 10.2. The van der Waals surface area contributed by atoms with Crippen molar-refractivity contribution in [2.45, 2.75) is 18.7 Å². The van der Waals surface area contributed by atoms with Crippen molar-refractivity contribution < 1.29 is 4.79 Å². The fraction of sp³-hybridized carbons (Fsp3) is 0.300. The molecule has 0 bridgehead atoms. The Bertz CT molecular complexity index is 312. The third kappa shape index (κ3) is 2.68. The van der Waals surface area contributed by atoms with Crippen LogP contribution in [0.5, 0.6) is 0 Å². The van der Waals surface area contributed by atoms with Crippen LogP contribution in [0.2, 0.25) is 0 Å². The number of alkyl halides is 1. The predicted octanol–water partition coefficient (Wildman–Crippen LogP) is 3.33. The number of halogens is 2. The number of carbonyl (C=O) groups excluding carboxylic acids is 1. The largest absolute Gasteiger partial charge is 0.303 e. The fourth-order valence-electron chi connectivity index (χ4n) is 1.21. The lowest BCUT2D eigenvalue weighted by atomic mass is 9.98. The Kier molecular flexibility index (Phi) is 4.19. The molecule has 1 aromatic carbocycles. The molecule has 0 heterocycles. The Hall–Kier alpha value is -0.0900. The van der Waals surface area contributed by atoms with E-state index in [0.717, 1.165) is 21.0 Å². The number of aldehydes is 1. The van der Waals surface area contributed by atoms with Crippen LogP contribution in [0.25, 0.3) is 0 Å². The van der Waals surface area contributed by atoms with Crippen LogP contribution in [0.1, 0.15) is 24.0 Å². The Morgan fingerprint density at radius 3 is 2.85 bits per heavy atom. The molecular formula is C10H10ClIO. The zero-order chi connectivity index (χ0) is 9.84. The van der Waals surface area contributed by atoms with Gasteiger partial charge in [-0.3, -0.25) is 0 Å². The molecule has 1 aromatic rings. The average Bonchev–Trinajstić information content (AvgIpc) is 2.16. The second-order valence-corrected chi connectivity index (χ2v) is 4.41. The van der Waals surface area contributed by atoms with Gasteiger partial charge >= 0.3 is 0 Å². The van der Waals surface area contributed by atoms with Gasteiger partial charge in [0.25, 0.3) is 0 Å². The van der Waals surface area contributed by atoms with E-state index in [9.17, 15) is 4.79 Å². The summed E-state index contributed by atoms with van der Waals surface area (Å²) in [5.74, 6) is 0.399. The molecule has 3 heteroatoms. The molecule has 0 aliphatic rings. The topological polar surface area (TPSA) is 17.1 Å². The number of rotatable bonds is 3. The van der Waals surface area contributed by atoms with E-state index in [1.165, 1.54) is 0 Å². The molecule has 0 fully saturated rings. The second kappa shape index (κ2) is 4.96. The van der Waals surface area contributed by atoms with Crippen LogP contribution in [0.15, 0.2) is 18.2 Å². The molecule has 0 saturated heterocycles. The molecule has 0 radical (unpaired) electrons. The van der Waals surface area contributed by atoms with Crippen molar-refractivity contribution in [1.29, 1.82) is 0 Å². The predicted molar refractivity (Wildman–Crippen MR) is 63.2 cm³/mol. The van der Waals surface area contributed by atoms with Gasteiger partial charge in [-0.25, -0.2) is 0 Å². The summed E-state index contributed by atoms with van der Waals surface area (Å²) in [6, 6.07) is 5.98. The molecule has 0 spiro atoms. The molecule has 0 aromatic heterocycles. The minimum absolute atomic E-state index is 0.0641. The van der Waals surface area contributed by atoms with E-state index in [2.05, 4.69) is 22.6 Å². The van der Waals surface area contributed by atoms with E-state index in [4.69, 9.17) is 11.6 Å². The quantitative estimate of drug-likeness (QED) is 0.475. The SMILES string of the molecule is CC(C=O)c1ccc(I)cc1CCl. The Morgan fingerprint density at radius 1 is 1.62 bits per heavy atom. The normalized spacial score (nSPS) is 12.5. The number of carbonyl (C=O) groups is 1. The van der Waals surface area contributed by atoms with Crippen LogP contribution in [-0.4, -0.2) is 6.29 Å². The van der Waals surface area contributed by atoms with E-state index in [1.807, 2.05) is 25.1 Å². The van der Waals surface area contributed by atoms with Crippen molar-refractivity contribution in [3.63, 3.8) is 0 Å². The lowest BCUT2D eigenvalue weighted by Gasteiger charge is -2.09. The van der Waals surface area contributed by atoms with Crippen LogP contribution < -0.4 is 0 Å². The van der Waals surface area contributed by atoms with Gasteiger partial charge in [0.05, 0.1) is 0 Å². The highest BCUT2D eigenvalue weighted by atomic mass is 127. The minimum Gasteiger partial charge on any atom is -0.303 e. The van der Waals surface area contributed by atoms with Crippen molar-refractivity contribution >= 4 is 40.5 Å². The number of hydrogen-bond acceptors (Lipinski definition) is 1. The van der Waals surface area contributed by atoms with Gasteiger partial charge in [0.2, 0.25) is 0 Å². The summed E-state index contributed by atoms with van der Waals surface area (Å²) in [6.07, 6.45) is 0.943. The summed E-state index contributed by atoms with van der Waals surface area (Å²) in [7, 11) is 0. The standard InChI is InChI=1S/C10H10ClIO/c1-7(6-13)10-3-2-9(12)4-8(10)5-11/h2-4,6-7H,5H2,1H3. The first-order chi connectivity index (χ1) is 6.19. The van der Waals surface area contributed by atoms with Gasteiger partial charge in [-0.15, -0.1) is 11.6 Å². The van der Waals surface area contributed by atoms with Crippen LogP contribution >= 0.6 is 34.2 Å². The van der Waals surface area contributed by atoms with Gasteiger partial charge in [-0.2, -0.15) is 0 Å². The van der Waals surface area contributed by atoms with E-state index < -0.39 is 0 Å². The molecule has 1 atom stereocenters. The molecule has 0 saturated carbocycles. The maximum absolute atomic E-state index is 10.6. The van der Waals surface area contributed by atoms with Gasteiger partial charge in [-0.05, 0) is 45.9 Å². The minimum atomic E-state index is -0.0641. The molecule has 1 nitrogen and oxygen atoms in total. The van der Waals surface area contributed by atoms with Crippen LogP contribution in [0, 0.1) is 3.57 Å². The molecule has 0 amide bonds. The number of hydrogen-bond donors (Lipinski definition) is 0. The van der Waals surface area contributed by atoms with Crippen molar-refractivity contribution in [3.8, 4) is 0 Å². The molecule has 1 rings (SSSR count). The third-order valence-corrected chi connectivity index (χ3v) is 2.90. The van der Waals surface area contributed by atoms with Crippen molar-refractivity contribution in [2.24, 2.45) is 0 Å². The summed E-state index contributed by atoms with van der Waals surface area (Å²) >= 11 is 8.02. The maximum Gasteiger partial charge on any atom is 0.127 e. The third-order valence-electron chi connectivity index (χ3n) is 1.94. The fourth-order valence-corrected chi connectivity index (χ4v) is 1.99.